The van der Waals surface area contributed by atoms with E-state index in [0.29, 0.717) is 6.04 Å². The second-order valence-corrected chi connectivity index (χ2v) is 5.11. The van der Waals surface area contributed by atoms with Crippen LogP contribution in [0.4, 0.5) is 10.2 Å². The maximum absolute atomic E-state index is 12.8. The fourth-order valence-electron chi connectivity index (χ4n) is 2.59. The quantitative estimate of drug-likeness (QED) is 0.877. The second-order valence-electron chi connectivity index (χ2n) is 5.11. The summed E-state index contributed by atoms with van der Waals surface area (Å²) in [5, 5.41) is 8.85. The minimum absolute atomic E-state index is 0.253. The van der Waals surface area contributed by atoms with Gasteiger partial charge in [0.05, 0.1) is 6.20 Å². The predicted octanol–water partition coefficient (Wildman–Crippen LogP) is 1.50. The van der Waals surface area contributed by atoms with Crippen molar-refractivity contribution in [2.24, 2.45) is 0 Å². The molecule has 1 aromatic heterocycles. The van der Waals surface area contributed by atoms with Crippen LogP contribution in [0.1, 0.15) is 19.3 Å². The topological polar surface area (TPSA) is 39.6 Å². The van der Waals surface area contributed by atoms with Gasteiger partial charge < -0.3 is 14.9 Å². The van der Waals surface area contributed by atoms with Crippen LogP contribution in [0.25, 0.3) is 0 Å². The van der Waals surface area contributed by atoms with Gasteiger partial charge in [-0.1, -0.05) is 0 Å². The number of aromatic nitrogens is 1. The zero-order valence-corrected chi connectivity index (χ0v) is 11.4. The fourth-order valence-corrected chi connectivity index (χ4v) is 2.59. The van der Waals surface area contributed by atoms with Crippen molar-refractivity contribution in [2.75, 3.05) is 38.2 Å². The van der Waals surface area contributed by atoms with Gasteiger partial charge in [-0.05, 0) is 38.4 Å². The molecule has 0 bridgehead atoms. The molecule has 1 aromatic rings. The van der Waals surface area contributed by atoms with E-state index >= 15 is 0 Å². The Morgan fingerprint density at radius 2 is 2.16 bits per heavy atom. The Morgan fingerprint density at radius 1 is 1.42 bits per heavy atom. The SMILES string of the molecule is CN(CCCO)C1CCN(c2ccc(F)cn2)CC1. The Balaban J connectivity index is 1.83. The highest BCUT2D eigenvalue weighted by atomic mass is 19.1. The van der Waals surface area contributed by atoms with Gasteiger partial charge in [0.2, 0.25) is 0 Å². The van der Waals surface area contributed by atoms with Crippen molar-refractivity contribution < 1.29 is 9.50 Å². The largest absolute Gasteiger partial charge is 0.396 e. The van der Waals surface area contributed by atoms with Crippen LogP contribution in [0.3, 0.4) is 0 Å². The van der Waals surface area contributed by atoms with Gasteiger partial charge in [-0.15, -0.1) is 0 Å². The lowest BCUT2D eigenvalue weighted by Crippen LogP contribution is -2.44. The summed E-state index contributed by atoms with van der Waals surface area (Å²) in [4.78, 5) is 8.65. The first kappa shape index (κ1) is 14.2. The highest BCUT2D eigenvalue weighted by Crippen LogP contribution is 2.20. The number of rotatable bonds is 5. The summed E-state index contributed by atoms with van der Waals surface area (Å²) >= 11 is 0. The molecule has 1 aliphatic heterocycles. The maximum atomic E-state index is 12.8. The van der Waals surface area contributed by atoms with Crippen molar-refractivity contribution in [3.8, 4) is 0 Å². The van der Waals surface area contributed by atoms with Crippen molar-refractivity contribution in [3.63, 3.8) is 0 Å². The summed E-state index contributed by atoms with van der Waals surface area (Å²) in [5.74, 6) is 0.570. The monoisotopic (exact) mass is 267 g/mol. The molecule has 0 aliphatic carbocycles. The van der Waals surface area contributed by atoms with Crippen molar-refractivity contribution in [1.29, 1.82) is 0 Å². The molecule has 2 rings (SSSR count). The molecule has 1 N–H and O–H groups in total. The Bertz CT molecular complexity index is 377. The Kier molecular flexibility index (Phi) is 5.10. The Morgan fingerprint density at radius 3 is 2.74 bits per heavy atom. The summed E-state index contributed by atoms with van der Waals surface area (Å²) in [5.41, 5.74) is 0. The van der Waals surface area contributed by atoms with Gasteiger partial charge in [-0.25, -0.2) is 9.37 Å². The van der Waals surface area contributed by atoms with Gasteiger partial charge in [-0.2, -0.15) is 0 Å². The third-order valence-electron chi connectivity index (χ3n) is 3.79. The lowest BCUT2D eigenvalue weighted by molar-refractivity contribution is 0.184. The highest BCUT2D eigenvalue weighted by molar-refractivity contribution is 5.38. The summed E-state index contributed by atoms with van der Waals surface area (Å²) in [7, 11) is 2.12. The van der Waals surface area contributed by atoms with E-state index in [1.54, 1.807) is 6.07 Å². The molecule has 0 unspecified atom stereocenters. The number of nitrogens with zero attached hydrogens (tertiary/aromatic N) is 3. The lowest BCUT2D eigenvalue weighted by Gasteiger charge is -2.37. The van der Waals surface area contributed by atoms with Crippen molar-refractivity contribution in [2.45, 2.75) is 25.3 Å². The Labute approximate surface area is 113 Å². The van der Waals surface area contributed by atoms with Crippen molar-refractivity contribution in [1.82, 2.24) is 9.88 Å². The van der Waals surface area contributed by atoms with Crippen LogP contribution in [-0.4, -0.2) is 54.3 Å². The van der Waals surface area contributed by atoms with E-state index in [9.17, 15) is 4.39 Å². The molecule has 0 amide bonds. The second kappa shape index (κ2) is 6.82. The number of aliphatic hydroxyl groups excluding tert-OH is 1. The number of hydrogen-bond donors (Lipinski definition) is 1. The molecule has 0 spiro atoms. The third-order valence-corrected chi connectivity index (χ3v) is 3.79. The lowest BCUT2D eigenvalue weighted by atomic mass is 10.0. The number of piperidine rings is 1. The molecule has 0 saturated carbocycles. The highest BCUT2D eigenvalue weighted by Gasteiger charge is 2.22. The van der Waals surface area contributed by atoms with Crippen LogP contribution in [0.2, 0.25) is 0 Å². The van der Waals surface area contributed by atoms with Crippen LogP contribution >= 0.6 is 0 Å². The first-order valence-corrected chi connectivity index (χ1v) is 6.88. The summed E-state index contributed by atoms with van der Waals surface area (Å²) < 4.78 is 12.8. The molecule has 1 aliphatic rings. The van der Waals surface area contributed by atoms with Crippen LogP contribution in [0.15, 0.2) is 18.3 Å². The molecule has 0 aromatic carbocycles. The van der Waals surface area contributed by atoms with E-state index in [2.05, 4.69) is 21.8 Å². The van der Waals surface area contributed by atoms with Crippen molar-refractivity contribution >= 4 is 5.82 Å². The average molecular weight is 267 g/mol. The maximum Gasteiger partial charge on any atom is 0.141 e. The van der Waals surface area contributed by atoms with E-state index in [4.69, 9.17) is 5.11 Å². The number of anilines is 1. The van der Waals surface area contributed by atoms with E-state index in [0.717, 1.165) is 44.7 Å². The first-order valence-electron chi connectivity index (χ1n) is 6.88. The molecule has 2 heterocycles. The smallest absolute Gasteiger partial charge is 0.141 e. The van der Waals surface area contributed by atoms with E-state index in [-0.39, 0.29) is 12.4 Å². The predicted molar refractivity (Wildman–Crippen MR) is 73.8 cm³/mol. The standard InChI is InChI=1S/C14H22FN3O/c1-17(7-2-10-19)13-5-8-18(9-6-13)14-4-3-12(15)11-16-14/h3-4,11,13,19H,2,5-10H2,1H3. The van der Waals surface area contributed by atoms with Gasteiger partial charge in [0, 0.05) is 32.3 Å². The molecule has 0 radical (unpaired) electrons. The van der Waals surface area contributed by atoms with Gasteiger partial charge in [-0.3, -0.25) is 0 Å². The summed E-state index contributed by atoms with van der Waals surface area (Å²) in [6, 6.07) is 3.77. The molecular weight excluding hydrogens is 245 g/mol. The fraction of sp³-hybridized carbons (Fsp3) is 0.643. The van der Waals surface area contributed by atoms with E-state index < -0.39 is 0 Å². The van der Waals surface area contributed by atoms with E-state index in [1.165, 1.54) is 12.3 Å². The molecule has 5 heteroatoms. The van der Waals surface area contributed by atoms with Crippen LogP contribution in [0.5, 0.6) is 0 Å². The van der Waals surface area contributed by atoms with Gasteiger partial charge >= 0.3 is 0 Å². The molecule has 106 valence electrons. The summed E-state index contributed by atoms with van der Waals surface area (Å²) in [6.07, 6.45) is 4.27. The minimum atomic E-state index is -0.289. The third kappa shape index (κ3) is 3.88. The van der Waals surface area contributed by atoms with Gasteiger partial charge in [0.15, 0.2) is 0 Å². The molecular formula is C14H22FN3O. The van der Waals surface area contributed by atoms with Crippen LogP contribution in [0, 0.1) is 5.82 Å². The molecule has 1 saturated heterocycles. The normalized spacial score (nSPS) is 17.2. The van der Waals surface area contributed by atoms with Gasteiger partial charge in [0.1, 0.15) is 11.6 Å². The average Bonchev–Trinajstić information content (AvgIpc) is 2.46. The first-order chi connectivity index (χ1) is 9.20. The van der Waals surface area contributed by atoms with Gasteiger partial charge in [0.25, 0.3) is 0 Å². The Hall–Kier alpha value is -1.20. The summed E-state index contributed by atoms with van der Waals surface area (Å²) in [6.45, 7) is 3.10. The van der Waals surface area contributed by atoms with Crippen LogP contribution < -0.4 is 4.90 Å². The number of halogens is 1. The zero-order valence-electron chi connectivity index (χ0n) is 11.4. The van der Waals surface area contributed by atoms with E-state index in [1.807, 2.05) is 0 Å². The minimum Gasteiger partial charge on any atom is -0.396 e. The molecule has 0 atom stereocenters. The number of aliphatic hydroxyl groups is 1. The zero-order chi connectivity index (χ0) is 13.7. The molecule has 4 nitrogen and oxygen atoms in total. The molecule has 1 fully saturated rings. The number of pyridine rings is 1. The van der Waals surface area contributed by atoms with Crippen LogP contribution in [-0.2, 0) is 0 Å². The number of hydrogen-bond acceptors (Lipinski definition) is 4. The van der Waals surface area contributed by atoms with Crippen molar-refractivity contribution in [3.05, 3.63) is 24.1 Å². The molecule has 19 heavy (non-hydrogen) atoms.